The van der Waals surface area contributed by atoms with Crippen molar-refractivity contribution < 1.29 is 4.79 Å². The van der Waals surface area contributed by atoms with Crippen LogP contribution in [0.4, 0.5) is 10.6 Å². The number of carbonyl (C=O) groups is 1. The van der Waals surface area contributed by atoms with Gasteiger partial charge in [0.25, 0.3) is 0 Å². The van der Waals surface area contributed by atoms with Crippen molar-refractivity contribution in [2.75, 3.05) is 24.5 Å². The van der Waals surface area contributed by atoms with E-state index in [9.17, 15) is 4.79 Å². The Labute approximate surface area is 148 Å². The lowest BCUT2D eigenvalue weighted by Crippen LogP contribution is -2.36. The molecular formula is C18H26N6O. The van der Waals surface area contributed by atoms with Gasteiger partial charge in [-0.2, -0.15) is 5.10 Å². The summed E-state index contributed by atoms with van der Waals surface area (Å²) in [4.78, 5) is 18.7. The van der Waals surface area contributed by atoms with Crippen LogP contribution in [0.5, 0.6) is 0 Å². The van der Waals surface area contributed by atoms with Crippen LogP contribution in [0.15, 0.2) is 30.7 Å². The molecule has 0 bridgehead atoms. The van der Waals surface area contributed by atoms with Gasteiger partial charge in [0.05, 0.1) is 6.20 Å². The van der Waals surface area contributed by atoms with E-state index in [1.165, 1.54) is 19.3 Å². The largest absolute Gasteiger partial charge is 0.357 e. The number of aromatic nitrogens is 3. The highest BCUT2D eigenvalue weighted by atomic mass is 16.2. The molecule has 0 atom stereocenters. The van der Waals surface area contributed by atoms with Gasteiger partial charge in [0, 0.05) is 45.6 Å². The molecule has 2 aromatic heterocycles. The molecule has 1 aliphatic rings. The molecule has 7 heteroatoms. The van der Waals surface area contributed by atoms with Crippen molar-refractivity contribution in [3.8, 4) is 0 Å². The van der Waals surface area contributed by atoms with Gasteiger partial charge in [-0.1, -0.05) is 6.07 Å². The summed E-state index contributed by atoms with van der Waals surface area (Å²) < 4.78 is 1.76. The van der Waals surface area contributed by atoms with Crippen molar-refractivity contribution in [3.05, 3.63) is 41.9 Å². The highest BCUT2D eigenvalue weighted by molar-refractivity contribution is 5.73. The van der Waals surface area contributed by atoms with E-state index >= 15 is 0 Å². The fourth-order valence-corrected chi connectivity index (χ4v) is 3.00. The van der Waals surface area contributed by atoms with Crippen LogP contribution < -0.4 is 15.5 Å². The van der Waals surface area contributed by atoms with Crippen molar-refractivity contribution >= 4 is 11.8 Å². The Balaban J connectivity index is 1.38. The van der Waals surface area contributed by atoms with Crippen LogP contribution in [0.1, 0.15) is 30.4 Å². The number of urea groups is 1. The Bertz CT molecular complexity index is 675. The van der Waals surface area contributed by atoms with E-state index < -0.39 is 0 Å². The molecule has 1 fully saturated rings. The van der Waals surface area contributed by atoms with Gasteiger partial charge in [-0.25, -0.2) is 9.78 Å². The molecule has 2 N–H and O–H groups in total. The Hall–Kier alpha value is -2.57. The van der Waals surface area contributed by atoms with Crippen molar-refractivity contribution in [2.45, 2.75) is 32.2 Å². The first-order valence-electron chi connectivity index (χ1n) is 8.90. The smallest absolute Gasteiger partial charge is 0.315 e. The van der Waals surface area contributed by atoms with Gasteiger partial charge in [0.1, 0.15) is 5.82 Å². The highest BCUT2D eigenvalue weighted by Gasteiger charge is 2.11. The third-order valence-electron chi connectivity index (χ3n) is 4.40. The molecule has 0 saturated carbocycles. The second kappa shape index (κ2) is 8.50. The van der Waals surface area contributed by atoms with E-state index in [1.807, 2.05) is 37.8 Å². The summed E-state index contributed by atoms with van der Waals surface area (Å²) >= 11 is 0. The highest BCUT2D eigenvalue weighted by Crippen LogP contribution is 2.17. The lowest BCUT2D eigenvalue weighted by atomic mass is 10.1. The predicted molar refractivity (Wildman–Crippen MR) is 97.5 cm³/mol. The summed E-state index contributed by atoms with van der Waals surface area (Å²) in [5.41, 5.74) is 2.11. The number of anilines is 1. The molecule has 0 aromatic carbocycles. The molecule has 25 heavy (non-hydrogen) atoms. The van der Waals surface area contributed by atoms with Gasteiger partial charge in [-0.05, 0) is 42.9 Å². The van der Waals surface area contributed by atoms with Crippen LogP contribution in [0, 0.1) is 0 Å². The minimum atomic E-state index is -0.163. The number of carbonyl (C=O) groups excluding carboxylic acids is 1. The van der Waals surface area contributed by atoms with Crippen LogP contribution in [-0.4, -0.2) is 40.4 Å². The Kier molecular flexibility index (Phi) is 5.87. The number of hydrogen-bond donors (Lipinski definition) is 2. The van der Waals surface area contributed by atoms with Crippen LogP contribution in [0.2, 0.25) is 0 Å². The molecular weight excluding hydrogens is 316 g/mol. The second-order valence-electron chi connectivity index (χ2n) is 6.45. The number of amides is 2. The maximum absolute atomic E-state index is 11.9. The number of aryl methyl sites for hydroxylation is 1. The predicted octanol–water partition coefficient (Wildman–Crippen LogP) is 1.85. The van der Waals surface area contributed by atoms with Gasteiger partial charge in [0.2, 0.25) is 0 Å². The van der Waals surface area contributed by atoms with E-state index in [0.29, 0.717) is 13.1 Å². The molecule has 7 nitrogen and oxygen atoms in total. The van der Waals surface area contributed by atoms with Crippen LogP contribution in [0.25, 0.3) is 0 Å². The summed E-state index contributed by atoms with van der Waals surface area (Å²) in [5, 5.41) is 9.83. The van der Waals surface area contributed by atoms with E-state index in [1.54, 1.807) is 4.68 Å². The van der Waals surface area contributed by atoms with Gasteiger partial charge >= 0.3 is 6.03 Å². The summed E-state index contributed by atoms with van der Waals surface area (Å²) in [6.45, 7) is 3.24. The number of nitrogens with one attached hydrogen (secondary N) is 2. The third-order valence-corrected chi connectivity index (χ3v) is 4.40. The molecule has 3 rings (SSSR count). The molecule has 1 aliphatic heterocycles. The summed E-state index contributed by atoms with van der Waals surface area (Å²) in [6, 6.07) is 3.92. The molecule has 0 unspecified atom stereocenters. The Morgan fingerprint density at radius 3 is 2.64 bits per heavy atom. The molecule has 0 aliphatic carbocycles. The average Bonchev–Trinajstić information content (AvgIpc) is 3.06. The first kappa shape index (κ1) is 17.3. The van der Waals surface area contributed by atoms with Crippen LogP contribution >= 0.6 is 0 Å². The molecule has 2 amide bonds. The first-order valence-corrected chi connectivity index (χ1v) is 8.90. The Morgan fingerprint density at radius 2 is 1.96 bits per heavy atom. The van der Waals surface area contributed by atoms with E-state index in [0.717, 1.165) is 36.5 Å². The van der Waals surface area contributed by atoms with Gasteiger partial charge < -0.3 is 15.5 Å². The normalized spacial score (nSPS) is 14.4. The van der Waals surface area contributed by atoms with E-state index in [2.05, 4.69) is 25.6 Å². The van der Waals surface area contributed by atoms with Gasteiger partial charge in [-0.15, -0.1) is 0 Å². The number of piperidine rings is 1. The number of hydrogen-bond acceptors (Lipinski definition) is 4. The zero-order chi connectivity index (χ0) is 17.5. The lowest BCUT2D eigenvalue weighted by molar-refractivity contribution is 0.240. The van der Waals surface area contributed by atoms with Gasteiger partial charge in [0.15, 0.2) is 0 Å². The van der Waals surface area contributed by atoms with Crippen LogP contribution in [0.3, 0.4) is 0 Å². The average molecular weight is 342 g/mol. The van der Waals surface area contributed by atoms with E-state index in [4.69, 9.17) is 0 Å². The third kappa shape index (κ3) is 5.20. The van der Waals surface area contributed by atoms with Gasteiger partial charge in [-0.3, -0.25) is 4.68 Å². The molecule has 1 saturated heterocycles. The van der Waals surface area contributed by atoms with Crippen LogP contribution in [-0.2, 0) is 20.0 Å². The number of rotatable bonds is 6. The summed E-state index contributed by atoms with van der Waals surface area (Å²) in [6.07, 6.45) is 10.2. The lowest BCUT2D eigenvalue weighted by Gasteiger charge is -2.27. The fraction of sp³-hybridized carbons (Fsp3) is 0.500. The Morgan fingerprint density at radius 1 is 1.12 bits per heavy atom. The topological polar surface area (TPSA) is 75.1 Å². The summed E-state index contributed by atoms with van der Waals surface area (Å²) in [5.74, 6) is 1.03. The maximum atomic E-state index is 11.9. The van der Waals surface area contributed by atoms with Crippen molar-refractivity contribution in [1.29, 1.82) is 0 Å². The minimum Gasteiger partial charge on any atom is -0.357 e. The fourth-order valence-electron chi connectivity index (χ4n) is 3.00. The van der Waals surface area contributed by atoms with E-state index in [-0.39, 0.29) is 6.03 Å². The number of pyridine rings is 1. The standard InChI is InChI=1S/C18H26N6O/c1-23-14-16(13-22-23)7-8-19-18(25)21-12-15-5-6-17(20-11-15)24-9-3-2-4-10-24/h5-6,11,13-14H,2-4,7-10,12H2,1H3,(H2,19,21,25). The zero-order valence-electron chi connectivity index (χ0n) is 14.7. The molecule has 3 heterocycles. The van der Waals surface area contributed by atoms with Crippen molar-refractivity contribution in [1.82, 2.24) is 25.4 Å². The second-order valence-corrected chi connectivity index (χ2v) is 6.45. The van der Waals surface area contributed by atoms with Crippen molar-refractivity contribution in [2.24, 2.45) is 7.05 Å². The molecule has 134 valence electrons. The minimum absolute atomic E-state index is 0.163. The molecule has 0 spiro atoms. The monoisotopic (exact) mass is 342 g/mol. The zero-order valence-corrected chi connectivity index (χ0v) is 14.7. The first-order chi connectivity index (χ1) is 12.2. The SMILES string of the molecule is Cn1cc(CCNC(=O)NCc2ccc(N3CCCCC3)nc2)cn1. The molecule has 0 radical (unpaired) electrons. The molecule has 2 aromatic rings. The van der Waals surface area contributed by atoms with Crippen molar-refractivity contribution in [3.63, 3.8) is 0 Å². The summed E-state index contributed by atoms with van der Waals surface area (Å²) in [7, 11) is 1.88. The number of nitrogens with zero attached hydrogens (tertiary/aromatic N) is 4. The maximum Gasteiger partial charge on any atom is 0.315 e. The quantitative estimate of drug-likeness (QED) is 0.840.